The maximum absolute atomic E-state index is 11.5. The van der Waals surface area contributed by atoms with Gasteiger partial charge >= 0.3 is 11.9 Å². The number of nitrogens with zero attached hydrogens (tertiary/aromatic N) is 3. The quantitative estimate of drug-likeness (QED) is 0.753. The molecule has 0 saturated carbocycles. The normalized spacial score (nSPS) is 10.2. The molecule has 0 bridgehead atoms. The highest BCUT2D eigenvalue weighted by atomic mass is 16.5. The van der Waals surface area contributed by atoms with Gasteiger partial charge in [0.1, 0.15) is 19.5 Å². The number of anilines is 1. The maximum atomic E-state index is 11.5. The van der Waals surface area contributed by atoms with Gasteiger partial charge in [0.05, 0.1) is 5.56 Å². The Bertz CT molecular complexity index is 621. The third-order valence-corrected chi connectivity index (χ3v) is 2.45. The summed E-state index contributed by atoms with van der Waals surface area (Å²) in [6.45, 7) is -0.0275. The number of carboxylic acid groups (broad SMARTS) is 1. The van der Waals surface area contributed by atoms with E-state index in [1.54, 1.807) is 12.1 Å². The van der Waals surface area contributed by atoms with Crippen LogP contribution in [-0.4, -0.2) is 31.8 Å². The van der Waals surface area contributed by atoms with Gasteiger partial charge in [-0.1, -0.05) is 12.1 Å². The maximum Gasteiger partial charge on any atom is 0.335 e. The van der Waals surface area contributed by atoms with Crippen LogP contribution in [0.5, 0.6) is 0 Å². The second-order valence-corrected chi connectivity index (χ2v) is 3.96. The molecular formula is C12H12N4O4. The van der Waals surface area contributed by atoms with E-state index < -0.39 is 11.9 Å². The van der Waals surface area contributed by atoms with Gasteiger partial charge in [-0.2, -0.15) is 0 Å². The number of aromatic carboxylic acids is 1. The van der Waals surface area contributed by atoms with E-state index in [9.17, 15) is 9.59 Å². The van der Waals surface area contributed by atoms with Crippen LogP contribution in [-0.2, 0) is 22.7 Å². The molecule has 0 aliphatic carbocycles. The fourth-order valence-corrected chi connectivity index (χ4v) is 1.47. The Morgan fingerprint density at radius 2 is 2.00 bits per heavy atom. The first kappa shape index (κ1) is 13.5. The van der Waals surface area contributed by atoms with Gasteiger partial charge in [0, 0.05) is 0 Å². The minimum absolute atomic E-state index is 0.0584. The van der Waals surface area contributed by atoms with Gasteiger partial charge in [0.15, 0.2) is 0 Å². The molecule has 8 nitrogen and oxygen atoms in total. The Labute approximate surface area is 113 Å². The van der Waals surface area contributed by atoms with Gasteiger partial charge in [-0.25, -0.2) is 14.5 Å². The fourth-order valence-electron chi connectivity index (χ4n) is 1.47. The Morgan fingerprint density at radius 1 is 1.30 bits per heavy atom. The van der Waals surface area contributed by atoms with Gasteiger partial charge in [-0.15, -0.1) is 5.10 Å². The average Bonchev–Trinajstić information content (AvgIpc) is 2.82. The van der Waals surface area contributed by atoms with E-state index in [-0.39, 0.29) is 24.7 Å². The minimum Gasteiger partial charge on any atom is -0.478 e. The summed E-state index contributed by atoms with van der Waals surface area (Å²) in [5, 5.41) is 12.5. The number of nitrogens with two attached hydrogens (primary N) is 1. The van der Waals surface area contributed by atoms with Gasteiger partial charge in [-0.05, 0) is 17.7 Å². The molecule has 0 fully saturated rings. The molecule has 1 aromatic carbocycles. The van der Waals surface area contributed by atoms with Crippen LogP contribution >= 0.6 is 0 Å². The number of aromatic nitrogens is 3. The van der Waals surface area contributed by atoms with Crippen molar-refractivity contribution in [3.05, 3.63) is 41.7 Å². The fraction of sp³-hybridized carbons (Fsp3) is 0.167. The number of carbonyl (C=O) groups excluding carboxylic acids is 1. The van der Waals surface area contributed by atoms with E-state index in [0.717, 1.165) is 0 Å². The van der Waals surface area contributed by atoms with E-state index in [1.165, 1.54) is 23.1 Å². The Hall–Kier alpha value is -2.90. The number of hydrogen-bond acceptors (Lipinski definition) is 6. The molecule has 1 heterocycles. The van der Waals surface area contributed by atoms with Gasteiger partial charge in [0.25, 0.3) is 0 Å². The van der Waals surface area contributed by atoms with Crippen LogP contribution in [0.2, 0.25) is 0 Å². The highest BCUT2D eigenvalue weighted by Gasteiger charge is 2.07. The number of rotatable bonds is 5. The van der Waals surface area contributed by atoms with Crippen molar-refractivity contribution in [2.24, 2.45) is 0 Å². The first-order valence-corrected chi connectivity index (χ1v) is 5.67. The van der Waals surface area contributed by atoms with Crippen molar-refractivity contribution in [1.29, 1.82) is 0 Å². The lowest BCUT2D eigenvalue weighted by Gasteiger charge is -2.05. The number of esters is 1. The molecule has 0 aliphatic rings. The molecule has 0 radical (unpaired) electrons. The largest absolute Gasteiger partial charge is 0.478 e. The van der Waals surface area contributed by atoms with Crippen LogP contribution < -0.4 is 5.73 Å². The van der Waals surface area contributed by atoms with E-state index >= 15 is 0 Å². The van der Waals surface area contributed by atoms with E-state index in [2.05, 4.69) is 10.1 Å². The van der Waals surface area contributed by atoms with Crippen molar-refractivity contribution >= 4 is 17.9 Å². The summed E-state index contributed by atoms with van der Waals surface area (Å²) >= 11 is 0. The lowest BCUT2D eigenvalue weighted by Crippen LogP contribution is -2.14. The molecule has 104 valence electrons. The number of nitrogen functional groups attached to an aromatic ring is 1. The van der Waals surface area contributed by atoms with Crippen molar-refractivity contribution in [1.82, 2.24) is 14.8 Å². The summed E-state index contributed by atoms with van der Waals surface area (Å²) in [5.74, 6) is -1.41. The van der Waals surface area contributed by atoms with Gasteiger partial charge in [0.2, 0.25) is 5.95 Å². The van der Waals surface area contributed by atoms with Crippen molar-refractivity contribution in [3.63, 3.8) is 0 Å². The van der Waals surface area contributed by atoms with Crippen LogP contribution in [0.1, 0.15) is 15.9 Å². The van der Waals surface area contributed by atoms with Crippen molar-refractivity contribution < 1.29 is 19.4 Å². The van der Waals surface area contributed by atoms with E-state index in [4.69, 9.17) is 15.6 Å². The molecule has 0 spiro atoms. The highest BCUT2D eigenvalue weighted by molar-refractivity contribution is 5.87. The smallest absolute Gasteiger partial charge is 0.335 e. The molecule has 1 aromatic heterocycles. The van der Waals surface area contributed by atoms with Crippen LogP contribution in [0, 0.1) is 0 Å². The summed E-state index contributed by atoms with van der Waals surface area (Å²) < 4.78 is 6.29. The molecule has 20 heavy (non-hydrogen) atoms. The predicted octanol–water partition coefficient (Wildman–Crippen LogP) is 0.302. The molecule has 0 aliphatic heterocycles. The summed E-state index contributed by atoms with van der Waals surface area (Å²) in [4.78, 5) is 25.9. The van der Waals surface area contributed by atoms with Crippen LogP contribution in [0.4, 0.5) is 5.95 Å². The number of carbonyl (C=O) groups is 2. The number of carboxylic acids is 1. The molecule has 2 aromatic rings. The van der Waals surface area contributed by atoms with Crippen LogP contribution in [0.15, 0.2) is 30.6 Å². The number of benzene rings is 1. The third-order valence-electron chi connectivity index (χ3n) is 2.45. The summed E-state index contributed by atoms with van der Waals surface area (Å²) in [6, 6.07) is 6.07. The Morgan fingerprint density at radius 3 is 2.55 bits per heavy atom. The first-order valence-electron chi connectivity index (χ1n) is 5.67. The molecule has 0 saturated heterocycles. The number of ether oxygens (including phenoxy) is 1. The monoisotopic (exact) mass is 276 g/mol. The van der Waals surface area contributed by atoms with Crippen molar-refractivity contribution in [2.75, 3.05) is 5.73 Å². The van der Waals surface area contributed by atoms with Gasteiger partial charge in [-0.3, -0.25) is 4.79 Å². The second kappa shape index (κ2) is 5.83. The highest BCUT2D eigenvalue weighted by Crippen LogP contribution is 2.06. The Balaban J connectivity index is 1.85. The Kier molecular flexibility index (Phi) is 3.94. The zero-order chi connectivity index (χ0) is 14.5. The average molecular weight is 276 g/mol. The molecule has 0 amide bonds. The molecule has 8 heteroatoms. The lowest BCUT2D eigenvalue weighted by atomic mass is 10.1. The lowest BCUT2D eigenvalue weighted by molar-refractivity contribution is -0.145. The zero-order valence-corrected chi connectivity index (χ0v) is 10.4. The SMILES string of the molecule is Nc1ncn(CC(=O)OCc2ccc(C(=O)O)cc2)n1. The van der Waals surface area contributed by atoms with E-state index in [0.29, 0.717) is 5.56 Å². The molecule has 0 unspecified atom stereocenters. The third kappa shape index (κ3) is 3.55. The standard InChI is InChI=1S/C12H12N4O4/c13-12-14-7-16(15-12)5-10(17)20-6-8-1-3-9(4-2-8)11(18)19/h1-4,7H,5-6H2,(H2,13,15)(H,18,19). The van der Waals surface area contributed by atoms with Crippen molar-refractivity contribution in [3.8, 4) is 0 Å². The predicted molar refractivity (Wildman–Crippen MR) is 67.6 cm³/mol. The number of hydrogen-bond donors (Lipinski definition) is 2. The molecule has 2 rings (SSSR count). The summed E-state index contributed by atoms with van der Waals surface area (Å²) in [7, 11) is 0. The molecular weight excluding hydrogens is 264 g/mol. The first-order chi connectivity index (χ1) is 9.54. The topological polar surface area (TPSA) is 120 Å². The molecule has 0 atom stereocenters. The minimum atomic E-state index is -1.00. The van der Waals surface area contributed by atoms with Crippen LogP contribution in [0.25, 0.3) is 0 Å². The van der Waals surface area contributed by atoms with E-state index in [1.807, 2.05) is 0 Å². The van der Waals surface area contributed by atoms with Gasteiger partial charge < -0.3 is 15.6 Å². The summed E-state index contributed by atoms with van der Waals surface area (Å²) in [5.41, 5.74) is 6.19. The molecule has 3 N–H and O–H groups in total. The second-order valence-electron chi connectivity index (χ2n) is 3.96. The zero-order valence-electron chi connectivity index (χ0n) is 10.4. The summed E-state index contributed by atoms with van der Waals surface area (Å²) in [6.07, 6.45) is 1.33. The van der Waals surface area contributed by atoms with Crippen molar-refractivity contribution in [2.45, 2.75) is 13.2 Å². The van der Waals surface area contributed by atoms with Crippen LogP contribution in [0.3, 0.4) is 0 Å².